The molecule has 1 aromatic carbocycles. The zero-order chi connectivity index (χ0) is 15.6. The van der Waals surface area contributed by atoms with E-state index in [2.05, 4.69) is 0 Å². The van der Waals surface area contributed by atoms with E-state index in [0.717, 1.165) is 6.42 Å². The molecule has 0 heterocycles. The molecule has 1 nitrogen and oxygen atoms in total. The van der Waals surface area contributed by atoms with Crippen molar-refractivity contribution in [2.45, 2.75) is 44.6 Å². The number of hydrogen-bond acceptors (Lipinski definition) is 1. The Hall–Kier alpha value is -0.950. The maximum atomic E-state index is 12.6. The predicted molar refractivity (Wildman–Crippen MR) is 70.1 cm³/mol. The van der Waals surface area contributed by atoms with Crippen molar-refractivity contribution >= 4 is 12.4 Å². The van der Waals surface area contributed by atoms with E-state index in [-0.39, 0.29) is 24.0 Å². The van der Waals surface area contributed by atoms with E-state index >= 15 is 0 Å². The van der Waals surface area contributed by atoms with Gasteiger partial charge in [0.05, 0.1) is 11.1 Å². The molecule has 0 bridgehead atoms. The van der Waals surface area contributed by atoms with Gasteiger partial charge in [-0.3, -0.25) is 0 Å². The Morgan fingerprint density at radius 2 is 1.38 bits per heavy atom. The first-order chi connectivity index (χ1) is 9.05. The molecule has 1 aromatic rings. The summed E-state index contributed by atoms with van der Waals surface area (Å²) in [6, 6.07) is 0.652. The third-order valence-electron chi connectivity index (χ3n) is 2.91. The maximum Gasteiger partial charge on any atom is 0.416 e. The van der Waals surface area contributed by atoms with Crippen molar-refractivity contribution in [2.75, 3.05) is 0 Å². The lowest BCUT2D eigenvalue weighted by molar-refractivity contribution is -0.143. The first-order valence-electron chi connectivity index (χ1n) is 6.10. The second-order valence-corrected chi connectivity index (χ2v) is 4.59. The molecule has 0 amide bonds. The van der Waals surface area contributed by atoms with Crippen LogP contribution < -0.4 is 5.73 Å². The summed E-state index contributed by atoms with van der Waals surface area (Å²) < 4.78 is 75.9. The Labute approximate surface area is 124 Å². The molecule has 0 spiro atoms. The molecule has 122 valence electrons. The van der Waals surface area contributed by atoms with Crippen LogP contribution >= 0.6 is 12.4 Å². The van der Waals surface area contributed by atoms with Crippen molar-refractivity contribution in [1.82, 2.24) is 0 Å². The summed E-state index contributed by atoms with van der Waals surface area (Å²) in [6.07, 6.45) is -7.92. The molecule has 0 unspecified atom stereocenters. The van der Waals surface area contributed by atoms with Gasteiger partial charge in [-0.15, -0.1) is 12.4 Å². The minimum atomic E-state index is -4.83. The molecule has 2 N–H and O–H groups in total. The molecule has 0 radical (unpaired) electrons. The summed E-state index contributed by atoms with van der Waals surface area (Å²) in [5.41, 5.74) is 2.88. The lowest BCUT2D eigenvalue weighted by Crippen LogP contribution is -2.16. The fourth-order valence-electron chi connectivity index (χ4n) is 1.78. The Morgan fingerprint density at radius 1 is 0.952 bits per heavy atom. The second-order valence-electron chi connectivity index (χ2n) is 4.59. The smallest absolute Gasteiger partial charge is 0.324 e. The summed E-state index contributed by atoms with van der Waals surface area (Å²) >= 11 is 0. The van der Waals surface area contributed by atoms with Gasteiger partial charge >= 0.3 is 12.4 Å². The average molecular weight is 336 g/mol. The molecule has 0 aliphatic carbocycles. The first kappa shape index (κ1) is 20.1. The Morgan fingerprint density at radius 3 is 1.71 bits per heavy atom. The van der Waals surface area contributed by atoms with Crippen LogP contribution in [0.25, 0.3) is 0 Å². The molecule has 0 saturated carbocycles. The number of halogens is 7. The van der Waals surface area contributed by atoms with E-state index in [1.165, 1.54) is 0 Å². The third kappa shape index (κ3) is 5.74. The fourth-order valence-corrected chi connectivity index (χ4v) is 1.78. The summed E-state index contributed by atoms with van der Waals surface area (Å²) in [4.78, 5) is 0. The zero-order valence-corrected chi connectivity index (χ0v) is 12.0. The standard InChI is InChI=1S/C13H15F6N.ClH/c1-2-3-4-11(20)8-5-9(12(14,15)16)7-10(6-8)13(17,18)19;/h5-7,11H,2-4,20H2,1H3;1H/t11-;/m0./s1. The summed E-state index contributed by atoms with van der Waals surface area (Å²) in [5, 5.41) is 0. The lowest BCUT2D eigenvalue weighted by Gasteiger charge is -2.17. The topological polar surface area (TPSA) is 26.0 Å². The number of benzene rings is 1. The maximum absolute atomic E-state index is 12.6. The van der Waals surface area contributed by atoms with Gasteiger partial charge in [-0.2, -0.15) is 26.3 Å². The van der Waals surface area contributed by atoms with E-state index in [4.69, 9.17) is 5.73 Å². The van der Waals surface area contributed by atoms with E-state index in [1.54, 1.807) is 0 Å². The van der Waals surface area contributed by atoms with Gasteiger partial charge in [0.2, 0.25) is 0 Å². The molecular weight excluding hydrogens is 320 g/mol. The normalized spacial score (nSPS) is 13.7. The van der Waals surface area contributed by atoms with Crippen LogP contribution in [-0.2, 0) is 12.4 Å². The van der Waals surface area contributed by atoms with Gasteiger partial charge in [-0.25, -0.2) is 0 Å². The van der Waals surface area contributed by atoms with E-state index in [9.17, 15) is 26.3 Å². The van der Waals surface area contributed by atoms with Gasteiger partial charge in [0.15, 0.2) is 0 Å². The van der Waals surface area contributed by atoms with Gasteiger partial charge in [0, 0.05) is 6.04 Å². The molecule has 0 aromatic heterocycles. The number of alkyl halides is 6. The molecular formula is C13H16ClF6N. The number of unbranched alkanes of at least 4 members (excludes halogenated alkanes) is 1. The molecule has 1 atom stereocenters. The van der Waals surface area contributed by atoms with Crippen LogP contribution in [0.3, 0.4) is 0 Å². The van der Waals surface area contributed by atoms with E-state index in [0.29, 0.717) is 25.0 Å². The fraction of sp³-hybridized carbons (Fsp3) is 0.538. The van der Waals surface area contributed by atoms with Crippen LogP contribution in [0.2, 0.25) is 0 Å². The van der Waals surface area contributed by atoms with Gasteiger partial charge in [-0.1, -0.05) is 19.8 Å². The van der Waals surface area contributed by atoms with Crippen LogP contribution in [-0.4, -0.2) is 0 Å². The molecule has 0 aliphatic heterocycles. The van der Waals surface area contributed by atoms with Crippen LogP contribution in [0.1, 0.15) is 48.9 Å². The van der Waals surface area contributed by atoms with Crippen molar-refractivity contribution < 1.29 is 26.3 Å². The number of rotatable bonds is 4. The quantitative estimate of drug-likeness (QED) is 0.739. The summed E-state index contributed by atoms with van der Waals surface area (Å²) in [7, 11) is 0. The highest BCUT2D eigenvalue weighted by Crippen LogP contribution is 2.37. The highest BCUT2D eigenvalue weighted by Gasteiger charge is 2.37. The molecule has 0 fully saturated rings. The van der Waals surface area contributed by atoms with E-state index in [1.807, 2.05) is 6.92 Å². The predicted octanol–water partition coefficient (Wildman–Crippen LogP) is 5.34. The first-order valence-corrected chi connectivity index (χ1v) is 6.10. The van der Waals surface area contributed by atoms with Crippen LogP contribution in [0.5, 0.6) is 0 Å². The Bertz CT molecular complexity index is 423. The Kier molecular flexibility index (Phi) is 7.02. The van der Waals surface area contributed by atoms with Crippen molar-refractivity contribution in [3.63, 3.8) is 0 Å². The number of nitrogens with two attached hydrogens (primary N) is 1. The second kappa shape index (κ2) is 7.35. The van der Waals surface area contributed by atoms with Gasteiger partial charge in [0.1, 0.15) is 0 Å². The van der Waals surface area contributed by atoms with Crippen LogP contribution in [0, 0.1) is 0 Å². The largest absolute Gasteiger partial charge is 0.416 e. The molecule has 1 rings (SSSR count). The highest BCUT2D eigenvalue weighted by molar-refractivity contribution is 5.85. The highest BCUT2D eigenvalue weighted by atomic mass is 35.5. The summed E-state index contributed by atoms with van der Waals surface area (Å²) in [6.45, 7) is 1.86. The van der Waals surface area contributed by atoms with Gasteiger partial charge in [-0.05, 0) is 30.2 Å². The van der Waals surface area contributed by atoms with Crippen LogP contribution in [0.4, 0.5) is 26.3 Å². The molecule has 21 heavy (non-hydrogen) atoms. The number of hydrogen-bond donors (Lipinski definition) is 1. The lowest BCUT2D eigenvalue weighted by atomic mass is 9.97. The SMILES string of the molecule is CCCC[C@H](N)c1cc(C(F)(F)F)cc(C(F)(F)F)c1.Cl. The van der Waals surface area contributed by atoms with E-state index < -0.39 is 29.5 Å². The van der Waals surface area contributed by atoms with Gasteiger partial charge in [0.25, 0.3) is 0 Å². The molecule has 0 saturated heterocycles. The van der Waals surface area contributed by atoms with Crippen LogP contribution in [0.15, 0.2) is 18.2 Å². The average Bonchev–Trinajstić information content (AvgIpc) is 2.33. The van der Waals surface area contributed by atoms with Gasteiger partial charge < -0.3 is 5.73 Å². The van der Waals surface area contributed by atoms with Crippen molar-refractivity contribution in [2.24, 2.45) is 5.73 Å². The molecule has 8 heteroatoms. The third-order valence-corrected chi connectivity index (χ3v) is 2.91. The monoisotopic (exact) mass is 335 g/mol. The van der Waals surface area contributed by atoms with Crippen molar-refractivity contribution in [1.29, 1.82) is 0 Å². The summed E-state index contributed by atoms with van der Waals surface area (Å²) in [5.74, 6) is 0. The minimum Gasteiger partial charge on any atom is -0.324 e. The Balaban J connectivity index is 0.00000400. The minimum absolute atomic E-state index is 0. The molecule has 0 aliphatic rings. The van der Waals surface area contributed by atoms with Crippen molar-refractivity contribution in [3.8, 4) is 0 Å². The zero-order valence-electron chi connectivity index (χ0n) is 11.2. The van der Waals surface area contributed by atoms with Crippen molar-refractivity contribution in [3.05, 3.63) is 34.9 Å².